The zero-order valence-electron chi connectivity index (χ0n) is 14.5. The first-order chi connectivity index (χ1) is 13.2. The van der Waals surface area contributed by atoms with Gasteiger partial charge in [0.2, 0.25) is 9.84 Å². The lowest BCUT2D eigenvalue weighted by molar-refractivity contribution is 0.153. The molecule has 0 bridgehead atoms. The lowest BCUT2D eigenvalue weighted by Crippen LogP contribution is -2.24. The molecule has 0 aliphatic carbocycles. The second-order valence-electron chi connectivity index (χ2n) is 5.79. The molecule has 0 saturated heterocycles. The average Bonchev–Trinajstić information content (AvgIpc) is 3.09. The molecule has 0 fully saturated rings. The van der Waals surface area contributed by atoms with Gasteiger partial charge in [0.1, 0.15) is 5.69 Å². The normalized spacial score (nSPS) is 11.4. The molecule has 2 aromatic heterocycles. The van der Waals surface area contributed by atoms with Crippen molar-refractivity contribution in [3.8, 4) is 5.69 Å². The molecule has 8 nitrogen and oxygen atoms in total. The lowest BCUT2D eigenvalue weighted by Gasteiger charge is -2.10. The van der Waals surface area contributed by atoms with E-state index in [1.54, 1.807) is 0 Å². The quantitative estimate of drug-likeness (QED) is 0.695. The third kappa shape index (κ3) is 3.56. The van der Waals surface area contributed by atoms with Crippen molar-refractivity contribution in [3.63, 3.8) is 0 Å². The Hall–Kier alpha value is -3.34. The molecule has 1 aromatic carbocycles. The van der Waals surface area contributed by atoms with E-state index in [-0.39, 0.29) is 17.1 Å². The molecule has 3 rings (SSSR count). The monoisotopic (exact) mass is 408 g/mol. The highest BCUT2D eigenvalue weighted by molar-refractivity contribution is 7.91. The molecule has 146 valence electrons. The van der Waals surface area contributed by atoms with Gasteiger partial charge in [0.05, 0.1) is 17.1 Å². The van der Waals surface area contributed by atoms with Crippen LogP contribution in [-0.4, -0.2) is 46.3 Å². The molecule has 0 radical (unpaired) electrons. The van der Waals surface area contributed by atoms with E-state index in [1.165, 1.54) is 37.5 Å². The van der Waals surface area contributed by atoms with E-state index in [0.29, 0.717) is 0 Å². The van der Waals surface area contributed by atoms with Crippen molar-refractivity contribution in [2.75, 3.05) is 7.05 Å². The van der Waals surface area contributed by atoms with E-state index >= 15 is 0 Å². The Morgan fingerprint density at radius 2 is 2.00 bits per heavy atom. The fraction of sp³-hybridized carbons (Fsp3) is 0.118. The van der Waals surface area contributed by atoms with Crippen LogP contribution in [0.2, 0.25) is 0 Å². The van der Waals surface area contributed by atoms with Gasteiger partial charge >= 0.3 is 6.09 Å². The number of hydrogen-bond donors (Lipinski definition) is 1. The number of aromatic nitrogens is 3. The zero-order valence-corrected chi connectivity index (χ0v) is 15.3. The SMILES string of the molecule is CN(Cc1cc(S(=O)(=O)c2cccnc2)n(-c2cccc(F)c2F)n1)C(=O)O. The first-order valence-corrected chi connectivity index (χ1v) is 9.32. The molecule has 0 aliphatic heterocycles. The number of sulfone groups is 1. The van der Waals surface area contributed by atoms with Crippen LogP contribution in [-0.2, 0) is 16.4 Å². The average molecular weight is 408 g/mol. The minimum absolute atomic E-state index is 0.0380. The summed E-state index contributed by atoms with van der Waals surface area (Å²) in [6, 6.07) is 7.08. The largest absolute Gasteiger partial charge is 0.465 e. The van der Waals surface area contributed by atoms with Crippen LogP contribution in [0.5, 0.6) is 0 Å². The lowest BCUT2D eigenvalue weighted by atomic mass is 10.3. The second kappa shape index (κ2) is 7.35. The summed E-state index contributed by atoms with van der Waals surface area (Å²) in [6.07, 6.45) is 1.23. The predicted molar refractivity (Wildman–Crippen MR) is 92.7 cm³/mol. The van der Waals surface area contributed by atoms with Crippen LogP contribution in [0, 0.1) is 11.6 Å². The summed E-state index contributed by atoms with van der Waals surface area (Å²) in [6.45, 7) is -0.255. The summed E-state index contributed by atoms with van der Waals surface area (Å²) in [4.78, 5) is 15.5. The summed E-state index contributed by atoms with van der Waals surface area (Å²) in [5.41, 5.74) is -0.386. The molecule has 28 heavy (non-hydrogen) atoms. The number of amides is 1. The Morgan fingerprint density at radius 1 is 1.25 bits per heavy atom. The van der Waals surface area contributed by atoms with Crippen LogP contribution >= 0.6 is 0 Å². The molecule has 0 atom stereocenters. The van der Waals surface area contributed by atoms with E-state index in [4.69, 9.17) is 5.11 Å². The van der Waals surface area contributed by atoms with Crippen molar-refractivity contribution < 1.29 is 27.1 Å². The maximum atomic E-state index is 14.3. The van der Waals surface area contributed by atoms with Gasteiger partial charge in [-0.25, -0.2) is 26.7 Å². The highest BCUT2D eigenvalue weighted by atomic mass is 32.2. The Labute approximate surface area is 158 Å². The van der Waals surface area contributed by atoms with Crippen LogP contribution in [0.3, 0.4) is 0 Å². The number of rotatable bonds is 5. The predicted octanol–water partition coefficient (Wildman–Crippen LogP) is 2.49. The molecule has 0 aliphatic rings. The first-order valence-electron chi connectivity index (χ1n) is 7.84. The van der Waals surface area contributed by atoms with Gasteiger partial charge in [-0.05, 0) is 24.3 Å². The molecule has 1 amide bonds. The smallest absolute Gasteiger partial charge is 0.407 e. The number of carboxylic acid groups (broad SMARTS) is 1. The zero-order chi connectivity index (χ0) is 20.5. The maximum Gasteiger partial charge on any atom is 0.407 e. The Bertz CT molecular complexity index is 1130. The second-order valence-corrected chi connectivity index (χ2v) is 7.69. The number of carbonyl (C=O) groups is 1. The number of nitrogens with zero attached hydrogens (tertiary/aromatic N) is 4. The van der Waals surface area contributed by atoms with Crippen molar-refractivity contribution in [1.82, 2.24) is 19.7 Å². The molecule has 2 heterocycles. The van der Waals surface area contributed by atoms with E-state index in [2.05, 4.69) is 10.1 Å². The molecule has 1 N–H and O–H groups in total. The van der Waals surface area contributed by atoms with Gasteiger partial charge in [0.15, 0.2) is 16.7 Å². The van der Waals surface area contributed by atoms with Crippen molar-refractivity contribution in [3.05, 3.63) is 66.1 Å². The summed E-state index contributed by atoms with van der Waals surface area (Å²) < 4.78 is 54.8. The van der Waals surface area contributed by atoms with E-state index in [9.17, 15) is 22.0 Å². The van der Waals surface area contributed by atoms with Gasteiger partial charge in [-0.2, -0.15) is 5.10 Å². The van der Waals surface area contributed by atoms with Crippen LogP contribution in [0.25, 0.3) is 5.69 Å². The van der Waals surface area contributed by atoms with Gasteiger partial charge in [0, 0.05) is 25.5 Å². The molecule has 0 saturated carbocycles. The van der Waals surface area contributed by atoms with Gasteiger partial charge in [-0.1, -0.05) is 6.07 Å². The minimum atomic E-state index is -4.20. The number of pyridine rings is 1. The number of hydrogen-bond acceptors (Lipinski definition) is 5. The van der Waals surface area contributed by atoms with Crippen molar-refractivity contribution in [2.24, 2.45) is 0 Å². The third-order valence-corrected chi connectivity index (χ3v) is 5.54. The van der Waals surface area contributed by atoms with Gasteiger partial charge in [-0.15, -0.1) is 0 Å². The van der Waals surface area contributed by atoms with Gasteiger partial charge in [-0.3, -0.25) is 4.98 Å². The summed E-state index contributed by atoms with van der Waals surface area (Å²) in [5.74, 6) is -2.46. The molecular formula is C17H14F2N4O4S. The minimum Gasteiger partial charge on any atom is -0.465 e. The Morgan fingerprint density at radius 3 is 2.64 bits per heavy atom. The fourth-order valence-electron chi connectivity index (χ4n) is 2.44. The topological polar surface area (TPSA) is 105 Å². The standard InChI is InChI=1S/C17H14F2N4O4S/c1-22(17(24)25)10-11-8-15(28(26,27)12-4-3-7-20-9-12)23(21-11)14-6-2-5-13(18)16(14)19/h2-9H,10H2,1H3,(H,24,25). The van der Waals surface area contributed by atoms with Crippen LogP contribution in [0.15, 0.2) is 58.7 Å². The molecule has 0 unspecified atom stereocenters. The summed E-state index contributed by atoms with van der Waals surface area (Å²) in [5, 5.41) is 12.6. The molecule has 11 heteroatoms. The van der Waals surface area contributed by atoms with Crippen LogP contribution < -0.4 is 0 Å². The van der Waals surface area contributed by atoms with E-state index in [0.717, 1.165) is 27.9 Å². The highest BCUT2D eigenvalue weighted by Gasteiger charge is 2.27. The van der Waals surface area contributed by atoms with Crippen molar-refractivity contribution >= 4 is 15.9 Å². The van der Waals surface area contributed by atoms with Crippen molar-refractivity contribution in [1.29, 1.82) is 0 Å². The number of halogens is 2. The van der Waals surface area contributed by atoms with Crippen molar-refractivity contribution in [2.45, 2.75) is 16.5 Å². The Kier molecular flexibility index (Phi) is 5.10. The Balaban J connectivity index is 2.21. The summed E-state index contributed by atoms with van der Waals surface area (Å²) >= 11 is 0. The van der Waals surface area contributed by atoms with Gasteiger partial charge < -0.3 is 10.0 Å². The van der Waals surface area contributed by atoms with E-state index in [1.807, 2.05) is 0 Å². The van der Waals surface area contributed by atoms with E-state index < -0.39 is 38.3 Å². The fourth-order valence-corrected chi connectivity index (χ4v) is 3.80. The highest BCUT2D eigenvalue weighted by Crippen LogP contribution is 2.26. The molecule has 3 aromatic rings. The third-order valence-electron chi connectivity index (χ3n) is 3.83. The number of benzene rings is 1. The summed E-state index contributed by atoms with van der Waals surface area (Å²) in [7, 11) is -2.94. The molecule has 0 spiro atoms. The van der Waals surface area contributed by atoms with Crippen LogP contribution in [0.1, 0.15) is 5.69 Å². The van der Waals surface area contributed by atoms with Crippen LogP contribution in [0.4, 0.5) is 13.6 Å². The van der Waals surface area contributed by atoms with Gasteiger partial charge in [0.25, 0.3) is 0 Å². The first kappa shape index (κ1) is 19.4. The molecular weight excluding hydrogens is 394 g/mol. The maximum absolute atomic E-state index is 14.3.